The van der Waals surface area contributed by atoms with Gasteiger partial charge < -0.3 is 0 Å². The van der Waals surface area contributed by atoms with E-state index in [1.165, 1.54) is 0 Å². The molecule has 0 N–H and O–H groups in total. The number of azo groups is 1. The highest BCUT2D eigenvalue weighted by molar-refractivity contribution is 5.16. The van der Waals surface area contributed by atoms with Gasteiger partial charge in [0, 0.05) is 0 Å². The molecule has 0 aromatic rings. The van der Waals surface area contributed by atoms with Crippen LogP contribution in [-0.4, -0.2) is 6.54 Å². The second-order valence-electron chi connectivity index (χ2n) is 1.71. The van der Waals surface area contributed by atoms with Gasteiger partial charge in [0.2, 0.25) is 0 Å². The van der Waals surface area contributed by atoms with Crippen molar-refractivity contribution in [2.75, 3.05) is 6.54 Å². The molecule has 0 aromatic heterocycles. The fourth-order valence-corrected chi connectivity index (χ4v) is 0.508. The molecule has 1 aliphatic rings. The molecule has 8 heavy (non-hydrogen) atoms. The van der Waals surface area contributed by atoms with Crippen LogP contribution < -0.4 is 0 Å². The van der Waals surface area contributed by atoms with Gasteiger partial charge in [0.15, 0.2) is 0 Å². The van der Waals surface area contributed by atoms with Crippen molar-refractivity contribution in [3.8, 4) is 0 Å². The van der Waals surface area contributed by atoms with Gasteiger partial charge in [-0.3, -0.25) is 0 Å². The molecule has 0 atom stereocenters. The Morgan fingerprint density at radius 3 is 3.38 bits per heavy atom. The largest absolute Gasteiger partial charge is 0.185 e. The molecule has 0 fully saturated rings. The highest BCUT2D eigenvalue weighted by atomic mass is 15.1. The summed E-state index contributed by atoms with van der Waals surface area (Å²) in [5.74, 6) is 0. The summed E-state index contributed by atoms with van der Waals surface area (Å²) in [6.07, 6.45) is 5.76. The van der Waals surface area contributed by atoms with Crippen LogP contribution in [-0.2, 0) is 0 Å². The van der Waals surface area contributed by atoms with Gasteiger partial charge in [-0.1, -0.05) is 12.2 Å². The fraction of sp³-hybridized carbons (Fsp3) is 0.333. The lowest BCUT2D eigenvalue weighted by atomic mass is 10.3. The topological polar surface area (TPSA) is 24.7 Å². The maximum Gasteiger partial charge on any atom is 0.0787 e. The van der Waals surface area contributed by atoms with Crippen molar-refractivity contribution in [3.05, 3.63) is 23.9 Å². The first-order chi connectivity index (χ1) is 3.89. The van der Waals surface area contributed by atoms with Crippen molar-refractivity contribution >= 4 is 0 Å². The van der Waals surface area contributed by atoms with E-state index in [0.29, 0.717) is 6.54 Å². The van der Waals surface area contributed by atoms with Gasteiger partial charge in [-0.25, -0.2) is 0 Å². The number of rotatable bonds is 0. The predicted octanol–water partition coefficient (Wildman–Crippen LogP) is 1.91. The first-order valence-electron chi connectivity index (χ1n) is 2.59. The normalized spacial score (nSPS) is 17.9. The minimum Gasteiger partial charge on any atom is -0.185 e. The van der Waals surface area contributed by atoms with E-state index in [0.717, 1.165) is 5.57 Å². The Labute approximate surface area is 48.6 Å². The van der Waals surface area contributed by atoms with Crippen LogP contribution in [0.2, 0.25) is 0 Å². The van der Waals surface area contributed by atoms with Crippen molar-refractivity contribution in [3.63, 3.8) is 0 Å². The molecular weight excluding hydrogens is 100 g/mol. The lowest BCUT2D eigenvalue weighted by molar-refractivity contribution is 1.07. The summed E-state index contributed by atoms with van der Waals surface area (Å²) >= 11 is 0. The van der Waals surface area contributed by atoms with Crippen molar-refractivity contribution < 1.29 is 0 Å². The molecule has 0 spiro atoms. The molecule has 1 rings (SSSR count). The molecule has 0 saturated heterocycles. The molecule has 0 unspecified atom stereocenters. The maximum atomic E-state index is 3.78. The summed E-state index contributed by atoms with van der Waals surface area (Å²) in [4.78, 5) is 0. The van der Waals surface area contributed by atoms with Gasteiger partial charge in [-0.05, 0) is 12.5 Å². The average Bonchev–Trinajstić information content (AvgIpc) is 1.94. The van der Waals surface area contributed by atoms with Crippen LogP contribution in [0.25, 0.3) is 0 Å². The van der Waals surface area contributed by atoms with Crippen LogP contribution in [0, 0.1) is 0 Å². The fourth-order valence-electron chi connectivity index (χ4n) is 0.508. The van der Waals surface area contributed by atoms with Crippen molar-refractivity contribution in [1.29, 1.82) is 0 Å². The molecule has 0 aromatic carbocycles. The van der Waals surface area contributed by atoms with E-state index in [4.69, 9.17) is 0 Å². The summed E-state index contributed by atoms with van der Waals surface area (Å²) in [5.41, 5.74) is 1.16. The SMILES string of the molecule is CC1=CN=NCC=C1. The minimum absolute atomic E-state index is 0.716. The van der Waals surface area contributed by atoms with E-state index in [9.17, 15) is 0 Å². The third-order valence-electron chi connectivity index (χ3n) is 0.911. The van der Waals surface area contributed by atoms with E-state index in [-0.39, 0.29) is 0 Å². The van der Waals surface area contributed by atoms with Crippen LogP contribution in [0.5, 0.6) is 0 Å². The average molecular weight is 108 g/mol. The van der Waals surface area contributed by atoms with E-state index in [2.05, 4.69) is 10.2 Å². The summed E-state index contributed by atoms with van der Waals surface area (Å²) in [6.45, 7) is 2.72. The number of nitrogens with zero attached hydrogens (tertiary/aromatic N) is 2. The zero-order valence-electron chi connectivity index (χ0n) is 4.83. The summed E-state index contributed by atoms with van der Waals surface area (Å²) < 4.78 is 0. The van der Waals surface area contributed by atoms with Gasteiger partial charge in [-0.15, -0.1) is 0 Å². The Morgan fingerprint density at radius 1 is 1.62 bits per heavy atom. The van der Waals surface area contributed by atoms with Crippen LogP contribution >= 0.6 is 0 Å². The molecule has 0 aliphatic carbocycles. The molecule has 0 amide bonds. The van der Waals surface area contributed by atoms with Crippen LogP contribution in [0.1, 0.15) is 6.92 Å². The zero-order chi connectivity index (χ0) is 5.82. The van der Waals surface area contributed by atoms with Gasteiger partial charge >= 0.3 is 0 Å². The summed E-state index contributed by atoms with van der Waals surface area (Å²) in [5, 5.41) is 7.54. The monoisotopic (exact) mass is 108 g/mol. The quantitative estimate of drug-likeness (QED) is 0.453. The Kier molecular flexibility index (Phi) is 1.57. The number of hydrogen-bond donors (Lipinski definition) is 0. The molecule has 0 saturated carbocycles. The molecule has 0 radical (unpaired) electrons. The predicted molar refractivity (Wildman–Crippen MR) is 32.6 cm³/mol. The van der Waals surface area contributed by atoms with Gasteiger partial charge in [0.1, 0.15) is 0 Å². The molecule has 1 heterocycles. The minimum atomic E-state index is 0.716. The van der Waals surface area contributed by atoms with Crippen molar-refractivity contribution in [1.82, 2.24) is 0 Å². The molecule has 1 aliphatic heterocycles. The van der Waals surface area contributed by atoms with Crippen molar-refractivity contribution in [2.45, 2.75) is 6.92 Å². The lowest BCUT2D eigenvalue weighted by Gasteiger charge is -1.78. The molecule has 2 heteroatoms. The highest BCUT2D eigenvalue weighted by Crippen LogP contribution is 1.98. The van der Waals surface area contributed by atoms with Crippen molar-refractivity contribution in [2.24, 2.45) is 10.2 Å². The second-order valence-corrected chi connectivity index (χ2v) is 1.71. The summed E-state index contributed by atoms with van der Waals surface area (Å²) in [6, 6.07) is 0. The third-order valence-corrected chi connectivity index (χ3v) is 0.911. The van der Waals surface area contributed by atoms with E-state index in [1.54, 1.807) is 6.20 Å². The van der Waals surface area contributed by atoms with Gasteiger partial charge in [-0.2, -0.15) is 10.2 Å². The Balaban J connectivity index is 2.73. The summed E-state index contributed by atoms with van der Waals surface area (Å²) in [7, 11) is 0. The zero-order valence-corrected chi connectivity index (χ0v) is 4.83. The van der Waals surface area contributed by atoms with Crippen LogP contribution in [0.4, 0.5) is 0 Å². The van der Waals surface area contributed by atoms with Gasteiger partial charge in [0.25, 0.3) is 0 Å². The first kappa shape index (κ1) is 5.22. The smallest absolute Gasteiger partial charge is 0.0787 e. The maximum absolute atomic E-state index is 3.78. The highest BCUT2D eigenvalue weighted by Gasteiger charge is 1.82. The Bertz CT molecular complexity index is 154. The molecule has 42 valence electrons. The molecule has 0 bridgehead atoms. The number of hydrogen-bond acceptors (Lipinski definition) is 2. The second kappa shape index (κ2) is 2.40. The van der Waals surface area contributed by atoms with Crippen LogP contribution in [0.15, 0.2) is 34.2 Å². The van der Waals surface area contributed by atoms with E-state index < -0.39 is 0 Å². The lowest BCUT2D eigenvalue weighted by Crippen LogP contribution is -1.64. The first-order valence-corrected chi connectivity index (χ1v) is 2.59. The van der Waals surface area contributed by atoms with Crippen LogP contribution in [0.3, 0.4) is 0 Å². The Morgan fingerprint density at radius 2 is 2.50 bits per heavy atom. The third kappa shape index (κ3) is 1.30. The van der Waals surface area contributed by atoms with Gasteiger partial charge in [0.05, 0.1) is 12.7 Å². The molecular formula is C6H8N2. The number of allylic oxidation sites excluding steroid dienone is 2. The van der Waals surface area contributed by atoms with E-state index >= 15 is 0 Å². The Hall–Kier alpha value is -0.920. The van der Waals surface area contributed by atoms with E-state index in [1.807, 2.05) is 19.1 Å². The standard InChI is InChI=1S/C6H8N2/c1-6-3-2-4-7-8-5-6/h2-3,5H,4H2,1H3. The molecule has 2 nitrogen and oxygen atoms in total.